The minimum Gasteiger partial charge on any atom is -0.445 e. The van der Waals surface area contributed by atoms with Crippen LogP contribution in [-0.4, -0.2) is 37.2 Å². The maximum Gasteiger partial charge on any atom is 0.409 e. The first kappa shape index (κ1) is 18.4. The third-order valence-electron chi connectivity index (χ3n) is 2.83. The number of amides is 1. The SMILES string of the molecule is CC.CNC(C)(C)CN(C)C(=O)OCc1ccccc1. The number of hydrogen-bond acceptors (Lipinski definition) is 3. The zero-order valence-electron chi connectivity index (χ0n) is 13.6. The lowest BCUT2D eigenvalue weighted by Gasteiger charge is -2.29. The van der Waals surface area contributed by atoms with E-state index in [4.69, 9.17) is 4.74 Å². The summed E-state index contributed by atoms with van der Waals surface area (Å²) in [6, 6.07) is 9.66. The summed E-state index contributed by atoms with van der Waals surface area (Å²) in [5.74, 6) is 0. The third kappa shape index (κ3) is 7.14. The summed E-state index contributed by atoms with van der Waals surface area (Å²) < 4.78 is 5.24. The molecule has 0 saturated heterocycles. The Morgan fingerprint density at radius 3 is 2.30 bits per heavy atom. The van der Waals surface area contributed by atoms with Gasteiger partial charge in [0, 0.05) is 19.1 Å². The molecule has 0 heterocycles. The normalized spacial score (nSPS) is 10.3. The fourth-order valence-electron chi connectivity index (χ4n) is 1.57. The molecule has 1 rings (SSSR count). The van der Waals surface area contributed by atoms with Gasteiger partial charge in [-0.15, -0.1) is 0 Å². The second kappa shape index (κ2) is 9.37. The molecule has 4 nitrogen and oxygen atoms in total. The van der Waals surface area contributed by atoms with Crippen LogP contribution >= 0.6 is 0 Å². The van der Waals surface area contributed by atoms with Crippen molar-refractivity contribution < 1.29 is 9.53 Å². The lowest BCUT2D eigenvalue weighted by molar-refractivity contribution is 0.0967. The van der Waals surface area contributed by atoms with Crippen LogP contribution in [0.25, 0.3) is 0 Å². The predicted octanol–water partition coefficient (Wildman–Crippen LogP) is 3.28. The molecule has 0 unspecified atom stereocenters. The third-order valence-corrected chi connectivity index (χ3v) is 2.83. The van der Waals surface area contributed by atoms with E-state index in [1.165, 1.54) is 0 Å². The van der Waals surface area contributed by atoms with Gasteiger partial charge in [0.15, 0.2) is 0 Å². The molecule has 0 radical (unpaired) electrons. The summed E-state index contributed by atoms with van der Waals surface area (Å²) in [4.78, 5) is 13.4. The van der Waals surface area contributed by atoms with E-state index in [-0.39, 0.29) is 11.6 Å². The Kier molecular flexibility index (Phi) is 8.64. The van der Waals surface area contributed by atoms with Crippen molar-refractivity contribution in [2.24, 2.45) is 0 Å². The number of ether oxygens (including phenoxy) is 1. The summed E-state index contributed by atoms with van der Waals surface area (Å²) in [5.41, 5.74) is 0.868. The molecule has 0 fully saturated rings. The molecule has 0 atom stereocenters. The number of hydrogen-bond donors (Lipinski definition) is 1. The highest BCUT2D eigenvalue weighted by Gasteiger charge is 2.21. The van der Waals surface area contributed by atoms with Crippen molar-refractivity contribution in [3.63, 3.8) is 0 Å². The summed E-state index contributed by atoms with van der Waals surface area (Å²) in [5, 5.41) is 3.15. The van der Waals surface area contributed by atoms with Crippen molar-refractivity contribution in [2.75, 3.05) is 20.6 Å². The number of carbonyl (C=O) groups excluding carboxylic acids is 1. The van der Waals surface area contributed by atoms with Crippen LogP contribution in [0, 0.1) is 0 Å². The Balaban J connectivity index is 0.00000172. The van der Waals surface area contributed by atoms with E-state index in [9.17, 15) is 4.79 Å². The molecule has 1 aromatic rings. The highest BCUT2D eigenvalue weighted by molar-refractivity contribution is 5.67. The molecule has 0 spiro atoms. The van der Waals surface area contributed by atoms with E-state index < -0.39 is 0 Å². The first-order valence-corrected chi connectivity index (χ1v) is 7.05. The lowest BCUT2D eigenvalue weighted by Crippen LogP contribution is -2.48. The van der Waals surface area contributed by atoms with Gasteiger partial charge in [0.1, 0.15) is 6.61 Å². The van der Waals surface area contributed by atoms with Gasteiger partial charge >= 0.3 is 6.09 Å². The molecule has 114 valence electrons. The zero-order chi connectivity index (χ0) is 15.6. The van der Waals surface area contributed by atoms with Crippen LogP contribution in [0.1, 0.15) is 33.3 Å². The number of carbonyl (C=O) groups is 1. The molecule has 1 aromatic carbocycles. The molecular weight excluding hydrogens is 252 g/mol. The van der Waals surface area contributed by atoms with Gasteiger partial charge in [-0.2, -0.15) is 0 Å². The topological polar surface area (TPSA) is 41.6 Å². The second-order valence-electron chi connectivity index (χ2n) is 5.03. The molecule has 0 saturated carbocycles. The average Bonchev–Trinajstić information content (AvgIpc) is 2.47. The first-order valence-electron chi connectivity index (χ1n) is 7.05. The van der Waals surface area contributed by atoms with Gasteiger partial charge in [-0.25, -0.2) is 4.79 Å². The molecule has 4 heteroatoms. The average molecular weight is 280 g/mol. The summed E-state index contributed by atoms with van der Waals surface area (Å²) in [7, 11) is 3.62. The zero-order valence-corrected chi connectivity index (χ0v) is 13.6. The molecular formula is C16H28N2O2. The molecule has 0 aliphatic rings. The van der Waals surface area contributed by atoms with Crippen LogP contribution in [0.5, 0.6) is 0 Å². The van der Waals surface area contributed by atoms with Gasteiger partial charge in [-0.05, 0) is 26.5 Å². The minimum absolute atomic E-state index is 0.124. The molecule has 0 aliphatic heterocycles. The smallest absolute Gasteiger partial charge is 0.409 e. The largest absolute Gasteiger partial charge is 0.445 e. The number of rotatable bonds is 5. The predicted molar refractivity (Wildman–Crippen MR) is 83.7 cm³/mol. The molecule has 1 N–H and O–H groups in total. The Morgan fingerprint density at radius 2 is 1.80 bits per heavy atom. The molecule has 1 amide bonds. The fraction of sp³-hybridized carbons (Fsp3) is 0.562. The molecule has 20 heavy (non-hydrogen) atoms. The second-order valence-corrected chi connectivity index (χ2v) is 5.03. The van der Waals surface area contributed by atoms with Crippen LogP contribution in [0.2, 0.25) is 0 Å². The number of nitrogens with zero attached hydrogens (tertiary/aromatic N) is 1. The van der Waals surface area contributed by atoms with Crippen LogP contribution in [0.4, 0.5) is 4.79 Å². The van der Waals surface area contributed by atoms with E-state index in [2.05, 4.69) is 5.32 Å². The van der Waals surface area contributed by atoms with E-state index in [0.717, 1.165) is 5.56 Å². The van der Waals surface area contributed by atoms with E-state index in [0.29, 0.717) is 13.2 Å². The maximum atomic E-state index is 11.8. The lowest BCUT2D eigenvalue weighted by atomic mass is 10.1. The van der Waals surface area contributed by atoms with Gasteiger partial charge in [0.05, 0.1) is 0 Å². The van der Waals surface area contributed by atoms with Crippen LogP contribution in [0.15, 0.2) is 30.3 Å². The van der Waals surface area contributed by atoms with Gasteiger partial charge in [0.25, 0.3) is 0 Å². The van der Waals surface area contributed by atoms with E-state index in [1.807, 2.05) is 65.1 Å². The summed E-state index contributed by atoms with van der Waals surface area (Å²) in [6.45, 7) is 8.98. The van der Waals surface area contributed by atoms with Crippen LogP contribution in [-0.2, 0) is 11.3 Å². The van der Waals surface area contributed by atoms with E-state index in [1.54, 1.807) is 11.9 Å². The summed E-state index contributed by atoms with van der Waals surface area (Å²) in [6.07, 6.45) is -0.304. The Morgan fingerprint density at radius 1 is 1.25 bits per heavy atom. The van der Waals surface area contributed by atoms with Gasteiger partial charge in [-0.1, -0.05) is 44.2 Å². The van der Waals surface area contributed by atoms with Gasteiger partial charge in [0.2, 0.25) is 0 Å². The Labute approximate surface area is 123 Å². The Hall–Kier alpha value is -1.55. The number of benzene rings is 1. The highest BCUT2D eigenvalue weighted by atomic mass is 16.6. The van der Waals surface area contributed by atoms with Crippen LogP contribution < -0.4 is 5.32 Å². The van der Waals surface area contributed by atoms with Crippen molar-refractivity contribution in [2.45, 2.75) is 39.8 Å². The maximum absolute atomic E-state index is 11.8. The molecule has 0 aliphatic carbocycles. The van der Waals surface area contributed by atoms with Gasteiger partial charge < -0.3 is 15.0 Å². The molecule has 0 aromatic heterocycles. The van der Waals surface area contributed by atoms with Crippen molar-refractivity contribution in [3.8, 4) is 0 Å². The minimum atomic E-state index is -0.304. The molecule has 0 bridgehead atoms. The van der Waals surface area contributed by atoms with E-state index >= 15 is 0 Å². The van der Waals surface area contributed by atoms with Gasteiger partial charge in [-0.3, -0.25) is 0 Å². The summed E-state index contributed by atoms with van der Waals surface area (Å²) >= 11 is 0. The monoisotopic (exact) mass is 280 g/mol. The van der Waals surface area contributed by atoms with Crippen LogP contribution in [0.3, 0.4) is 0 Å². The van der Waals surface area contributed by atoms with Crippen molar-refractivity contribution in [1.29, 1.82) is 0 Å². The number of nitrogens with one attached hydrogen (secondary N) is 1. The quantitative estimate of drug-likeness (QED) is 0.900. The standard InChI is InChI=1S/C14H22N2O2.C2H6/c1-14(2,15-3)11-16(4)13(17)18-10-12-8-6-5-7-9-12;1-2/h5-9,15H,10-11H2,1-4H3;1-2H3. The first-order chi connectivity index (χ1) is 9.44. The van der Waals surface area contributed by atoms with Crippen molar-refractivity contribution in [3.05, 3.63) is 35.9 Å². The highest BCUT2D eigenvalue weighted by Crippen LogP contribution is 2.06. The van der Waals surface area contributed by atoms with Crippen molar-refractivity contribution >= 4 is 6.09 Å². The number of likely N-dealkylation sites (N-methyl/N-ethyl adjacent to an activating group) is 2. The van der Waals surface area contributed by atoms with Crippen molar-refractivity contribution in [1.82, 2.24) is 10.2 Å². The fourth-order valence-corrected chi connectivity index (χ4v) is 1.57. The Bertz CT molecular complexity index is 377.